The van der Waals surface area contributed by atoms with Crippen LogP contribution >= 0.6 is 11.3 Å². The van der Waals surface area contributed by atoms with Gasteiger partial charge in [-0.1, -0.05) is 0 Å². The van der Waals surface area contributed by atoms with E-state index in [1.807, 2.05) is 12.1 Å². The molecule has 0 spiro atoms. The number of carbonyl (C=O) groups excluding carboxylic acids is 1. The van der Waals surface area contributed by atoms with E-state index in [2.05, 4.69) is 11.0 Å². The van der Waals surface area contributed by atoms with Crippen LogP contribution in [0.1, 0.15) is 39.4 Å². The molecule has 0 fully saturated rings. The highest BCUT2D eigenvalue weighted by molar-refractivity contribution is 7.12. The number of nitrogens with zero attached hydrogens (tertiary/aromatic N) is 1. The summed E-state index contributed by atoms with van der Waals surface area (Å²) in [6.45, 7) is 3.72. The van der Waals surface area contributed by atoms with Crippen LogP contribution in [0.25, 0.3) is 0 Å². The monoisotopic (exact) mass is 373 g/mol. The minimum atomic E-state index is -0.235. The van der Waals surface area contributed by atoms with Crippen molar-refractivity contribution < 1.29 is 19.0 Å². The Kier molecular flexibility index (Phi) is 4.63. The summed E-state index contributed by atoms with van der Waals surface area (Å²) >= 11 is 1.77. The number of hydrogen-bond acceptors (Lipinski definition) is 6. The smallest absolute Gasteiger partial charge is 0.302 e. The second-order valence-corrected chi connectivity index (χ2v) is 7.96. The van der Waals surface area contributed by atoms with E-state index in [9.17, 15) is 4.79 Å². The van der Waals surface area contributed by atoms with Gasteiger partial charge in [0.1, 0.15) is 18.1 Å². The standard InChI is InChI=1S/C20H23NO4S/c1-12(22)25-11-13-8-15-17-9-14-16(10-21(17)7-6-20(15)26-13)19(24-3)5-4-18(14)23-2/h4-5,8,17H,6-7,9-11H2,1-3H3. The van der Waals surface area contributed by atoms with Gasteiger partial charge in [0.15, 0.2) is 0 Å². The lowest BCUT2D eigenvalue weighted by Gasteiger charge is -2.41. The van der Waals surface area contributed by atoms with Crippen molar-refractivity contribution in [1.82, 2.24) is 4.90 Å². The Balaban J connectivity index is 1.68. The van der Waals surface area contributed by atoms with Crippen molar-refractivity contribution >= 4 is 17.3 Å². The summed E-state index contributed by atoms with van der Waals surface area (Å²) in [6, 6.07) is 6.55. The zero-order valence-electron chi connectivity index (χ0n) is 15.3. The van der Waals surface area contributed by atoms with Gasteiger partial charge in [-0.05, 0) is 36.6 Å². The van der Waals surface area contributed by atoms with Gasteiger partial charge in [-0.15, -0.1) is 11.3 Å². The van der Waals surface area contributed by atoms with Crippen LogP contribution in [-0.2, 0) is 35.5 Å². The third-order valence-corrected chi connectivity index (χ3v) is 6.46. The molecule has 2 aliphatic heterocycles. The molecule has 0 N–H and O–H groups in total. The van der Waals surface area contributed by atoms with Crippen LogP contribution in [0.4, 0.5) is 0 Å². The zero-order chi connectivity index (χ0) is 18.3. The van der Waals surface area contributed by atoms with Crippen molar-refractivity contribution in [3.05, 3.63) is 44.6 Å². The Labute approximate surface area is 157 Å². The van der Waals surface area contributed by atoms with E-state index in [4.69, 9.17) is 14.2 Å². The molecule has 0 bridgehead atoms. The Morgan fingerprint density at radius 3 is 2.65 bits per heavy atom. The average molecular weight is 373 g/mol. The van der Waals surface area contributed by atoms with Gasteiger partial charge >= 0.3 is 5.97 Å². The maximum absolute atomic E-state index is 11.1. The average Bonchev–Trinajstić information content (AvgIpc) is 3.07. The van der Waals surface area contributed by atoms with E-state index in [1.54, 1.807) is 25.6 Å². The number of benzene rings is 1. The highest BCUT2D eigenvalue weighted by Gasteiger charge is 2.35. The SMILES string of the molecule is COc1ccc(OC)c2c1CC1c3cc(COC(C)=O)sc3CCN1C2. The molecule has 1 atom stereocenters. The summed E-state index contributed by atoms with van der Waals surface area (Å²) in [5, 5.41) is 0. The van der Waals surface area contributed by atoms with Crippen molar-refractivity contribution in [2.24, 2.45) is 0 Å². The number of thiophene rings is 1. The third-order valence-electron chi connectivity index (χ3n) is 5.28. The minimum absolute atomic E-state index is 0.235. The van der Waals surface area contributed by atoms with Crippen LogP contribution in [0.3, 0.4) is 0 Å². The fourth-order valence-electron chi connectivity index (χ4n) is 4.07. The first-order valence-corrected chi connectivity index (χ1v) is 9.64. The molecule has 3 heterocycles. The molecule has 6 heteroatoms. The molecule has 1 unspecified atom stereocenters. The third kappa shape index (κ3) is 2.97. The molecule has 1 aromatic heterocycles. The zero-order valence-corrected chi connectivity index (χ0v) is 16.1. The number of fused-ring (bicyclic) bond motifs is 4. The van der Waals surface area contributed by atoms with Gasteiger partial charge in [0, 0.05) is 46.9 Å². The molecule has 2 aliphatic rings. The summed E-state index contributed by atoms with van der Waals surface area (Å²) in [6.07, 6.45) is 1.95. The first kappa shape index (κ1) is 17.4. The van der Waals surface area contributed by atoms with Crippen LogP contribution in [0.2, 0.25) is 0 Å². The van der Waals surface area contributed by atoms with Crippen molar-refractivity contribution in [2.45, 2.75) is 39.0 Å². The number of methoxy groups -OCH3 is 2. The fraction of sp³-hybridized carbons (Fsp3) is 0.450. The highest BCUT2D eigenvalue weighted by atomic mass is 32.1. The second kappa shape index (κ2) is 6.93. The van der Waals surface area contributed by atoms with E-state index >= 15 is 0 Å². The van der Waals surface area contributed by atoms with E-state index in [-0.39, 0.29) is 5.97 Å². The summed E-state index contributed by atoms with van der Waals surface area (Å²) in [5.41, 5.74) is 3.86. The molecule has 26 heavy (non-hydrogen) atoms. The molecule has 0 amide bonds. The predicted molar refractivity (Wildman–Crippen MR) is 99.9 cm³/mol. The number of esters is 1. The number of hydrogen-bond donors (Lipinski definition) is 0. The topological polar surface area (TPSA) is 48.0 Å². The first-order chi connectivity index (χ1) is 12.6. The Morgan fingerprint density at radius 2 is 1.96 bits per heavy atom. The van der Waals surface area contributed by atoms with Crippen LogP contribution in [0.5, 0.6) is 11.5 Å². The molecule has 2 aromatic rings. The van der Waals surface area contributed by atoms with Gasteiger partial charge in [0.25, 0.3) is 0 Å². The Morgan fingerprint density at radius 1 is 1.23 bits per heavy atom. The van der Waals surface area contributed by atoms with E-state index in [0.717, 1.165) is 42.3 Å². The summed E-state index contributed by atoms with van der Waals surface area (Å²) in [7, 11) is 3.45. The molecule has 1 aromatic carbocycles. The van der Waals surface area contributed by atoms with Crippen molar-refractivity contribution in [1.29, 1.82) is 0 Å². The molecular weight excluding hydrogens is 350 g/mol. The molecular formula is C20H23NO4S. The molecule has 0 saturated heterocycles. The van der Waals surface area contributed by atoms with Gasteiger partial charge in [-0.2, -0.15) is 0 Å². The first-order valence-electron chi connectivity index (χ1n) is 8.82. The van der Waals surface area contributed by atoms with Crippen LogP contribution in [0, 0.1) is 0 Å². The summed E-state index contributed by atoms with van der Waals surface area (Å²) in [4.78, 5) is 16.2. The van der Waals surface area contributed by atoms with Crippen LogP contribution in [-0.4, -0.2) is 31.6 Å². The second-order valence-electron chi connectivity index (χ2n) is 6.74. The van der Waals surface area contributed by atoms with Gasteiger partial charge < -0.3 is 14.2 Å². The van der Waals surface area contributed by atoms with Crippen molar-refractivity contribution in [3.63, 3.8) is 0 Å². The molecule has 138 valence electrons. The number of carbonyl (C=O) groups is 1. The lowest BCUT2D eigenvalue weighted by Crippen LogP contribution is -2.39. The number of ether oxygens (including phenoxy) is 3. The fourth-order valence-corrected chi connectivity index (χ4v) is 5.20. The quantitative estimate of drug-likeness (QED) is 0.768. The lowest BCUT2D eigenvalue weighted by atomic mass is 9.86. The molecule has 0 aliphatic carbocycles. The van der Waals surface area contributed by atoms with Crippen molar-refractivity contribution in [3.8, 4) is 11.5 Å². The van der Waals surface area contributed by atoms with E-state index in [1.165, 1.54) is 28.5 Å². The van der Waals surface area contributed by atoms with Crippen LogP contribution in [0.15, 0.2) is 18.2 Å². The van der Waals surface area contributed by atoms with Gasteiger partial charge in [-0.3, -0.25) is 9.69 Å². The van der Waals surface area contributed by atoms with Crippen LogP contribution < -0.4 is 9.47 Å². The Bertz CT molecular complexity index is 845. The van der Waals surface area contributed by atoms with Crippen molar-refractivity contribution in [2.75, 3.05) is 20.8 Å². The van der Waals surface area contributed by atoms with Gasteiger partial charge in [0.05, 0.1) is 14.2 Å². The molecule has 4 rings (SSSR count). The maximum Gasteiger partial charge on any atom is 0.302 e. The normalized spacial score (nSPS) is 18.5. The highest BCUT2D eigenvalue weighted by Crippen LogP contribution is 2.45. The summed E-state index contributed by atoms with van der Waals surface area (Å²) < 4.78 is 16.4. The molecule has 5 nitrogen and oxygen atoms in total. The van der Waals surface area contributed by atoms with E-state index < -0.39 is 0 Å². The van der Waals surface area contributed by atoms with E-state index in [0.29, 0.717) is 12.6 Å². The lowest BCUT2D eigenvalue weighted by molar-refractivity contribution is -0.142. The minimum Gasteiger partial charge on any atom is -0.496 e. The summed E-state index contributed by atoms with van der Waals surface area (Å²) in [5.74, 6) is 1.63. The van der Waals surface area contributed by atoms with Gasteiger partial charge in [-0.25, -0.2) is 0 Å². The Hall–Kier alpha value is -2.05. The largest absolute Gasteiger partial charge is 0.496 e. The van der Waals surface area contributed by atoms with Gasteiger partial charge in [0.2, 0.25) is 0 Å². The molecule has 0 saturated carbocycles. The maximum atomic E-state index is 11.1. The number of rotatable bonds is 4. The molecule has 0 radical (unpaired) electrons. The predicted octanol–water partition coefficient (Wildman–Crippen LogP) is 3.48.